The number of ketones is 1. The average molecular weight is 463 g/mol. The van der Waals surface area contributed by atoms with Crippen molar-refractivity contribution in [2.75, 3.05) is 5.32 Å². The van der Waals surface area contributed by atoms with Crippen molar-refractivity contribution in [1.82, 2.24) is 0 Å². The smallest absolute Gasteiger partial charge is 0.312 e. The number of carbonyl (C=O) groups excluding carboxylic acids is 2. The van der Waals surface area contributed by atoms with Gasteiger partial charge in [0.1, 0.15) is 29.5 Å². The predicted molar refractivity (Wildman–Crippen MR) is 122 cm³/mol. The standard InChI is InChI=1S/C26H22FNO6/c1-14-11-21(28-23(30)13-24(31)32)18-3-2-4-19(18)26(14)34-17-9-10-22(29)20(12-17)25(33)15-5-7-16(27)8-6-15/h5-12,29H,2-4,13H2,1H3,(H,28,30)(H,31,32). The molecule has 0 atom stereocenters. The Balaban J connectivity index is 1.64. The lowest BCUT2D eigenvalue weighted by Crippen LogP contribution is -2.17. The van der Waals surface area contributed by atoms with E-state index in [1.807, 2.05) is 6.92 Å². The van der Waals surface area contributed by atoms with Crippen molar-refractivity contribution in [3.05, 3.63) is 82.2 Å². The number of anilines is 1. The summed E-state index contributed by atoms with van der Waals surface area (Å²) in [6, 6.07) is 11.1. The van der Waals surface area contributed by atoms with Gasteiger partial charge in [-0.3, -0.25) is 14.4 Å². The van der Waals surface area contributed by atoms with Gasteiger partial charge in [-0.05, 0) is 85.8 Å². The molecular formula is C26H22FNO6. The van der Waals surface area contributed by atoms with Crippen molar-refractivity contribution in [2.24, 2.45) is 0 Å². The van der Waals surface area contributed by atoms with Gasteiger partial charge in [-0.25, -0.2) is 4.39 Å². The third-order valence-corrected chi connectivity index (χ3v) is 5.66. The zero-order valence-electron chi connectivity index (χ0n) is 18.4. The minimum Gasteiger partial charge on any atom is -0.507 e. The fourth-order valence-electron chi connectivity index (χ4n) is 4.12. The van der Waals surface area contributed by atoms with Crippen LogP contribution in [0.2, 0.25) is 0 Å². The van der Waals surface area contributed by atoms with E-state index in [-0.39, 0.29) is 16.9 Å². The first kappa shape index (κ1) is 23.0. The number of halogens is 1. The van der Waals surface area contributed by atoms with Gasteiger partial charge in [-0.15, -0.1) is 0 Å². The van der Waals surface area contributed by atoms with Crippen molar-refractivity contribution in [1.29, 1.82) is 0 Å². The van der Waals surface area contributed by atoms with Gasteiger partial charge in [0, 0.05) is 16.8 Å². The summed E-state index contributed by atoms with van der Waals surface area (Å²) in [5, 5.41) is 21.8. The number of carbonyl (C=O) groups is 3. The molecule has 3 aromatic carbocycles. The molecule has 0 fully saturated rings. The SMILES string of the molecule is Cc1cc(NC(=O)CC(=O)O)c2c(c1Oc1ccc(O)c(C(=O)c3ccc(F)cc3)c1)CCC2. The normalized spacial score (nSPS) is 12.2. The largest absolute Gasteiger partial charge is 0.507 e. The molecule has 0 saturated carbocycles. The number of carboxylic acids is 1. The Labute approximate surface area is 194 Å². The number of aryl methyl sites for hydroxylation is 1. The van der Waals surface area contributed by atoms with Crippen LogP contribution >= 0.6 is 0 Å². The van der Waals surface area contributed by atoms with Crippen LogP contribution in [0.1, 0.15) is 45.5 Å². The second-order valence-electron chi connectivity index (χ2n) is 8.12. The van der Waals surface area contributed by atoms with Crippen LogP contribution in [0, 0.1) is 12.7 Å². The molecule has 1 amide bonds. The number of aromatic hydroxyl groups is 1. The minimum atomic E-state index is -1.20. The van der Waals surface area contributed by atoms with E-state index in [1.54, 1.807) is 12.1 Å². The number of hydrogen-bond donors (Lipinski definition) is 3. The maximum Gasteiger partial charge on any atom is 0.312 e. The van der Waals surface area contributed by atoms with Gasteiger partial charge >= 0.3 is 5.97 Å². The molecule has 34 heavy (non-hydrogen) atoms. The molecule has 0 saturated heterocycles. The summed E-state index contributed by atoms with van der Waals surface area (Å²) in [5.41, 5.74) is 3.35. The lowest BCUT2D eigenvalue weighted by Gasteiger charge is -2.18. The summed E-state index contributed by atoms with van der Waals surface area (Å²) in [7, 11) is 0. The quantitative estimate of drug-likeness (QED) is 0.344. The number of nitrogens with one attached hydrogen (secondary N) is 1. The van der Waals surface area contributed by atoms with Crippen LogP contribution < -0.4 is 10.1 Å². The minimum absolute atomic E-state index is 0.0240. The molecule has 0 unspecified atom stereocenters. The molecule has 1 aliphatic carbocycles. The Morgan fingerprint density at radius 2 is 1.74 bits per heavy atom. The molecule has 3 N–H and O–H groups in total. The molecule has 0 heterocycles. The van der Waals surface area contributed by atoms with Crippen molar-refractivity contribution in [3.63, 3.8) is 0 Å². The van der Waals surface area contributed by atoms with Gasteiger partial charge in [-0.1, -0.05) is 0 Å². The number of carboxylic acid groups (broad SMARTS) is 1. The predicted octanol–water partition coefficient (Wildman–Crippen LogP) is 4.76. The second-order valence-corrected chi connectivity index (χ2v) is 8.12. The summed E-state index contributed by atoms with van der Waals surface area (Å²) in [4.78, 5) is 35.6. The van der Waals surface area contributed by atoms with E-state index in [4.69, 9.17) is 9.84 Å². The molecule has 7 nitrogen and oxygen atoms in total. The Hall–Kier alpha value is -4.20. The van der Waals surface area contributed by atoms with Gasteiger partial charge in [0.2, 0.25) is 5.91 Å². The first-order valence-corrected chi connectivity index (χ1v) is 10.7. The number of aliphatic carboxylic acids is 1. The Bertz CT molecular complexity index is 1300. The summed E-state index contributed by atoms with van der Waals surface area (Å²) in [6.07, 6.45) is 1.65. The molecule has 0 spiro atoms. The van der Waals surface area contributed by atoms with Crippen LogP contribution in [0.5, 0.6) is 17.2 Å². The highest BCUT2D eigenvalue weighted by Gasteiger charge is 2.24. The first-order chi connectivity index (χ1) is 16.2. The number of hydrogen-bond acceptors (Lipinski definition) is 5. The van der Waals surface area contributed by atoms with Crippen LogP contribution in [-0.4, -0.2) is 27.9 Å². The fraction of sp³-hybridized carbons (Fsp3) is 0.192. The van der Waals surface area contributed by atoms with Gasteiger partial charge in [-0.2, -0.15) is 0 Å². The van der Waals surface area contributed by atoms with Gasteiger partial charge in [0.15, 0.2) is 5.78 Å². The topological polar surface area (TPSA) is 113 Å². The van der Waals surface area contributed by atoms with E-state index in [9.17, 15) is 23.9 Å². The first-order valence-electron chi connectivity index (χ1n) is 10.7. The molecule has 3 aromatic rings. The fourth-order valence-corrected chi connectivity index (χ4v) is 4.12. The molecule has 174 valence electrons. The number of amides is 1. The number of fused-ring (bicyclic) bond motifs is 1. The highest BCUT2D eigenvalue weighted by atomic mass is 19.1. The second kappa shape index (κ2) is 9.35. The highest BCUT2D eigenvalue weighted by molar-refractivity contribution is 6.10. The third-order valence-electron chi connectivity index (χ3n) is 5.66. The monoisotopic (exact) mass is 463 g/mol. The Morgan fingerprint density at radius 1 is 1.03 bits per heavy atom. The molecular weight excluding hydrogens is 441 g/mol. The summed E-state index contributed by atoms with van der Waals surface area (Å²) < 4.78 is 19.4. The zero-order chi connectivity index (χ0) is 24.4. The van der Waals surface area contributed by atoms with E-state index in [1.165, 1.54) is 36.4 Å². The number of ether oxygens (including phenoxy) is 1. The van der Waals surface area contributed by atoms with Crippen molar-refractivity contribution in [3.8, 4) is 17.2 Å². The summed E-state index contributed by atoms with van der Waals surface area (Å²) in [5.74, 6) is -2.04. The molecule has 0 aromatic heterocycles. The van der Waals surface area contributed by atoms with Crippen LogP contribution in [0.3, 0.4) is 0 Å². The van der Waals surface area contributed by atoms with E-state index in [2.05, 4.69) is 5.32 Å². The molecule has 0 aliphatic heterocycles. The lowest BCUT2D eigenvalue weighted by atomic mass is 10.0. The Kier molecular flexibility index (Phi) is 6.32. The van der Waals surface area contributed by atoms with E-state index >= 15 is 0 Å². The molecule has 8 heteroatoms. The molecule has 0 radical (unpaired) electrons. The van der Waals surface area contributed by atoms with E-state index in [0.717, 1.165) is 23.1 Å². The van der Waals surface area contributed by atoms with Crippen molar-refractivity contribution in [2.45, 2.75) is 32.6 Å². The molecule has 1 aliphatic rings. The summed E-state index contributed by atoms with van der Waals surface area (Å²) >= 11 is 0. The maximum absolute atomic E-state index is 13.2. The number of benzene rings is 3. The lowest BCUT2D eigenvalue weighted by molar-refractivity contribution is -0.139. The van der Waals surface area contributed by atoms with Gasteiger partial charge in [0.05, 0.1) is 5.56 Å². The van der Waals surface area contributed by atoms with Gasteiger partial charge < -0.3 is 20.3 Å². The highest BCUT2D eigenvalue weighted by Crippen LogP contribution is 2.41. The third kappa shape index (κ3) is 4.76. The molecule has 0 bridgehead atoms. The number of phenolic OH excluding ortho intramolecular Hbond substituents is 1. The summed E-state index contributed by atoms with van der Waals surface area (Å²) in [6.45, 7) is 1.81. The van der Waals surface area contributed by atoms with Crippen molar-refractivity contribution >= 4 is 23.3 Å². The van der Waals surface area contributed by atoms with Crippen LogP contribution in [0.4, 0.5) is 10.1 Å². The van der Waals surface area contributed by atoms with E-state index < -0.39 is 29.9 Å². The molecule has 4 rings (SSSR count). The number of rotatable bonds is 7. The Morgan fingerprint density at radius 3 is 2.44 bits per heavy atom. The average Bonchev–Trinajstić information content (AvgIpc) is 3.27. The van der Waals surface area contributed by atoms with Crippen LogP contribution in [0.25, 0.3) is 0 Å². The maximum atomic E-state index is 13.2. The zero-order valence-corrected chi connectivity index (χ0v) is 18.4. The van der Waals surface area contributed by atoms with Crippen molar-refractivity contribution < 1.29 is 33.7 Å². The van der Waals surface area contributed by atoms with E-state index in [0.29, 0.717) is 30.0 Å². The number of phenols is 1. The van der Waals surface area contributed by atoms with Crippen LogP contribution in [0.15, 0.2) is 48.5 Å². The van der Waals surface area contributed by atoms with Crippen LogP contribution in [-0.2, 0) is 22.4 Å². The van der Waals surface area contributed by atoms with Gasteiger partial charge in [0.25, 0.3) is 0 Å².